The van der Waals surface area contributed by atoms with E-state index >= 15 is 0 Å². The Labute approximate surface area is 179 Å². The first-order valence-electron chi connectivity index (χ1n) is 8.03. The third-order valence-electron chi connectivity index (χ3n) is 3.30. The van der Waals surface area contributed by atoms with Gasteiger partial charge in [-0.3, -0.25) is 9.79 Å². The minimum absolute atomic E-state index is 0.287. The van der Waals surface area contributed by atoms with E-state index in [1.807, 2.05) is 0 Å². The molecule has 158 valence electrons. The maximum absolute atomic E-state index is 13.4. The fraction of sp³-hybridized carbons (Fsp3) is 0.333. The second-order valence-corrected chi connectivity index (χ2v) is 9.31. The number of nitrogens with zero attached hydrogens (tertiary/aromatic N) is 3. The van der Waals surface area contributed by atoms with Crippen LogP contribution in [0.25, 0.3) is 0 Å². The molecule has 1 atom stereocenters. The molecule has 14 heteroatoms. The van der Waals surface area contributed by atoms with E-state index in [4.69, 9.17) is 9.77 Å². The molecule has 10 nitrogen and oxygen atoms in total. The number of benzene rings is 1. The zero-order valence-electron chi connectivity index (χ0n) is 15.3. The van der Waals surface area contributed by atoms with Gasteiger partial charge >= 0.3 is 0 Å². The van der Waals surface area contributed by atoms with Gasteiger partial charge in [0.25, 0.3) is 0 Å². The number of carbonyl (C=O) groups excluding carboxylic acids is 1. The third-order valence-corrected chi connectivity index (χ3v) is 5.78. The van der Waals surface area contributed by atoms with Crippen LogP contribution < -0.4 is 15.8 Å². The first-order chi connectivity index (χ1) is 13.6. The number of thioether (sulfide) groups is 1. The standard InChI is InChI=1S/C15H18BrFN6O4S2/c1-8(20-12(24)7-29(18,25)26)6-28-15-13(22-27-23-15)14(19-2)21-9-3-4-11(17)10(16)5-9/h3-5,8H,6-7H2,1-2H3,(H,19,21)(H,20,24)(H2,18,25,26)/t8-/m1/s1. The number of aromatic nitrogens is 2. The second-order valence-electron chi connectivity index (χ2n) is 5.83. The zero-order chi connectivity index (χ0) is 21.6. The monoisotopic (exact) mass is 508 g/mol. The zero-order valence-corrected chi connectivity index (χ0v) is 18.6. The number of rotatable bonds is 8. The van der Waals surface area contributed by atoms with Gasteiger partial charge < -0.3 is 10.6 Å². The molecule has 1 aromatic carbocycles. The van der Waals surface area contributed by atoms with E-state index < -0.39 is 27.5 Å². The molecule has 1 amide bonds. The number of nitrogens with one attached hydrogen (secondary N) is 2. The Morgan fingerprint density at radius 2 is 2.17 bits per heavy atom. The van der Waals surface area contributed by atoms with Crippen LogP contribution in [0.2, 0.25) is 0 Å². The molecule has 0 radical (unpaired) electrons. The van der Waals surface area contributed by atoms with Crippen molar-refractivity contribution in [3.63, 3.8) is 0 Å². The number of hydrogen-bond donors (Lipinski definition) is 3. The van der Waals surface area contributed by atoms with Gasteiger partial charge in [-0.05, 0) is 51.4 Å². The molecule has 0 aliphatic rings. The van der Waals surface area contributed by atoms with E-state index in [-0.39, 0.29) is 10.5 Å². The van der Waals surface area contributed by atoms with Crippen molar-refractivity contribution in [2.24, 2.45) is 10.1 Å². The topological polar surface area (TPSA) is 153 Å². The number of amidine groups is 1. The minimum atomic E-state index is -3.89. The number of aliphatic imine (C=N–C) groups is 1. The summed E-state index contributed by atoms with van der Waals surface area (Å²) in [7, 11) is -2.35. The highest BCUT2D eigenvalue weighted by Crippen LogP contribution is 2.23. The summed E-state index contributed by atoms with van der Waals surface area (Å²) in [5.41, 5.74) is 0.905. The van der Waals surface area contributed by atoms with Crippen molar-refractivity contribution in [2.45, 2.75) is 18.0 Å². The van der Waals surface area contributed by atoms with Gasteiger partial charge in [-0.2, -0.15) is 0 Å². The van der Waals surface area contributed by atoms with Crippen LogP contribution in [0.15, 0.2) is 37.3 Å². The summed E-state index contributed by atoms with van der Waals surface area (Å²) in [6, 6.07) is 4.00. The predicted octanol–water partition coefficient (Wildman–Crippen LogP) is 1.34. The summed E-state index contributed by atoms with van der Waals surface area (Å²) in [6.07, 6.45) is 0. The van der Waals surface area contributed by atoms with Crippen molar-refractivity contribution in [3.8, 4) is 0 Å². The molecule has 0 fully saturated rings. The van der Waals surface area contributed by atoms with Crippen molar-refractivity contribution in [1.29, 1.82) is 0 Å². The van der Waals surface area contributed by atoms with Crippen LogP contribution >= 0.6 is 27.7 Å². The van der Waals surface area contributed by atoms with Crippen LogP contribution in [-0.2, 0) is 14.8 Å². The number of anilines is 1. The van der Waals surface area contributed by atoms with Gasteiger partial charge in [-0.15, -0.1) is 0 Å². The predicted molar refractivity (Wildman–Crippen MR) is 111 cm³/mol. The van der Waals surface area contributed by atoms with Crippen LogP contribution in [-0.4, -0.2) is 55.1 Å². The Kier molecular flexibility index (Phi) is 8.13. The summed E-state index contributed by atoms with van der Waals surface area (Å²) < 4.78 is 40.4. The van der Waals surface area contributed by atoms with E-state index in [2.05, 4.69) is 41.9 Å². The van der Waals surface area contributed by atoms with Crippen molar-refractivity contribution in [3.05, 3.63) is 34.2 Å². The Morgan fingerprint density at radius 3 is 2.79 bits per heavy atom. The Bertz CT molecular complexity index is 1010. The minimum Gasteiger partial charge on any atom is -0.352 e. The molecule has 1 heterocycles. The fourth-order valence-corrected chi connectivity index (χ4v) is 3.77. The highest BCUT2D eigenvalue weighted by atomic mass is 79.9. The van der Waals surface area contributed by atoms with Crippen LogP contribution in [0.4, 0.5) is 10.1 Å². The quantitative estimate of drug-likeness (QED) is 0.274. The van der Waals surface area contributed by atoms with Crippen LogP contribution in [0.1, 0.15) is 12.6 Å². The van der Waals surface area contributed by atoms with Crippen LogP contribution in [0, 0.1) is 5.82 Å². The third kappa shape index (κ3) is 7.38. The van der Waals surface area contributed by atoms with Crippen LogP contribution in [0.3, 0.4) is 0 Å². The highest BCUT2D eigenvalue weighted by molar-refractivity contribution is 9.10. The normalized spacial score (nSPS) is 13.2. The van der Waals surface area contributed by atoms with Gasteiger partial charge in [0.2, 0.25) is 15.9 Å². The number of carbonyl (C=O) groups is 1. The van der Waals surface area contributed by atoms with Crippen LogP contribution in [0.5, 0.6) is 0 Å². The lowest BCUT2D eigenvalue weighted by atomic mass is 10.3. The highest BCUT2D eigenvalue weighted by Gasteiger charge is 2.19. The largest absolute Gasteiger partial charge is 0.352 e. The maximum Gasteiger partial charge on any atom is 0.236 e. The Morgan fingerprint density at radius 1 is 1.45 bits per heavy atom. The van der Waals surface area contributed by atoms with Gasteiger partial charge in [0.05, 0.1) is 4.47 Å². The van der Waals surface area contributed by atoms with Gasteiger partial charge in [0.15, 0.2) is 16.6 Å². The molecule has 0 saturated carbocycles. The molecule has 1 aromatic heterocycles. The summed E-state index contributed by atoms with van der Waals surface area (Å²) in [5.74, 6) is -1.18. The summed E-state index contributed by atoms with van der Waals surface area (Å²) in [4.78, 5) is 15.7. The molecule has 0 aliphatic carbocycles. The summed E-state index contributed by atoms with van der Waals surface area (Å²) >= 11 is 4.34. The van der Waals surface area contributed by atoms with E-state index in [1.54, 1.807) is 20.0 Å². The average Bonchev–Trinajstić information content (AvgIpc) is 3.07. The Balaban J connectivity index is 2.01. The van der Waals surface area contributed by atoms with Gasteiger partial charge in [0, 0.05) is 24.5 Å². The number of amides is 1. The number of hydrogen-bond acceptors (Lipinski definition) is 8. The maximum atomic E-state index is 13.4. The van der Waals surface area contributed by atoms with Gasteiger partial charge in [-0.1, -0.05) is 11.8 Å². The molecule has 2 aromatic rings. The second kappa shape index (κ2) is 10.1. The molecular weight excluding hydrogens is 491 g/mol. The lowest BCUT2D eigenvalue weighted by Crippen LogP contribution is -2.39. The molecular formula is C15H18BrFN6O4S2. The van der Waals surface area contributed by atoms with E-state index in [0.29, 0.717) is 28.0 Å². The number of nitrogens with two attached hydrogens (primary N) is 1. The van der Waals surface area contributed by atoms with E-state index in [0.717, 1.165) is 0 Å². The molecule has 29 heavy (non-hydrogen) atoms. The molecule has 2 rings (SSSR count). The Hall–Kier alpha value is -2.03. The number of halogens is 2. The smallest absolute Gasteiger partial charge is 0.236 e. The summed E-state index contributed by atoms with van der Waals surface area (Å²) in [5, 5.41) is 18.5. The first-order valence-corrected chi connectivity index (χ1v) is 11.5. The SMILES string of the molecule is CN=C(Nc1ccc(F)c(Br)c1)c1nonc1SC[C@@H](C)NC(=O)CS(N)(=O)=O. The van der Waals surface area contributed by atoms with Crippen molar-refractivity contribution < 1.29 is 22.2 Å². The van der Waals surface area contributed by atoms with Gasteiger partial charge in [-0.25, -0.2) is 22.6 Å². The molecule has 0 spiro atoms. The van der Waals surface area contributed by atoms with Crippen molar-refractivity contribution >= 4 is 55.1 Å². The van der Waals surface area contributed by atoms with E-state index in [9.17, 15) is 17.6 Å². The number of primary sulfonamides is 1. The van der Waals surface area contributed by atoms with Crippen molar-refractivity contribution in [2.75, 3.05) is 23.9 Å². The molecule has 0 bridgehead atoms. The molecule has 4 N–H and O–H groups in total. The van der Waals surface area contributed by atoms with E-state index in [1.165, 1.54) is 23.9 Å². The van der Waals surface area contributed by atoms with Crippen molar-refractivity contribution in [1.82, 2.24) is 15.6 Å². The summed E-state index contributed by atoms with van der Waals surface area (Å²) in [6.45, 7) is 1.70. The van der Waals surface area contributed by atoms with Gasteiger partial charge in [0.1, 0.15) is 11.6 Å². The number of sulfonamides is 1. The average molecular weight is 509 g/mol. The lowest BCUT2D eigenvalue weighted by Gasteiger charge is -2.13. The molecule has 0 aliphatic heterocycles. The molecule has 0 unspecified atom stereocenters. The first kappa shape index (κ1) is 23.3. The lowest BCUT2D eigenvalue weighted by molar-refractivity contribution is -0.119. The molecule has 0 saturated heterocycles. The fourth-order valence-electron chi connectivity index (χ4n) is 2.10.